The number of hydrogen-bond donors (Lipinski definition) is 3. The van der Waals surface area contributed by atoms with Crippen LogP contribution in [-0.2, 0) is 0 Å². The first kappa shape index (κ1) is 9.56. The van der Waals surface area contributed by atoms with Gasteiger partial charge in [0, 0.05) is 12.7 Å². The summed E-state index contributed by atoms with van der Waals surface area (Å²) in [5.41, 5.74) is 0.827. The molecule has 2 atom stereocenters. The van der Waals surface area contributed by atoms with Crippen LogP contribution in [0, 0.1) is 0 Å². The topological polar surface area (TPSA) is 87.0 Å². The molecule has 3 N–H and O–H groups in total. The molecule has 16 heavy (non-hydrogen) atoms. The molecule has 0 radical (unpaired) electrons. The van der Waals surface area contributed by atoms with Gasteiger partial charge in [0.1, 0.15) is 0 Å². The lowest BCUT2D eigenvalue weighted by Gasteiger charge is -2.01. The van der Waals surface area contributed by atoms with Crippen molar-refractivity contribution in [1.29, 1.82) is 0 Å². The normalized spacial score (nSPS) is 25.1. The summed E-state index contributed by atoms with van der Waals surface area (Å²) in [5, 5.41) is 16.4. The fourth-order valence-corrected chi connectivity index (χ4v) is 1.86. The summed E-state index contributed by atoms with van der Waals surface area (Å²) >= 11 is 0. The minimum Gasteiger partial charge on any atom is -0.392 e. The molecule has 2 aromatic rings. The Kier molecular flexibility index (Phi) is 2.23. The van der Waals surface area contributed by atoms with Crippen molar-refractivity contribution in [1.82, 2.24) is 20.4 Å². The molecule has 1 fully saturated rings. The van der Waals surface area contributed by atoms with Gasteiger partial charge in [-0.1, -0.05) is 5.16 Å². The molecule has 1 aliphatic rings. The minimum absolute atomic E-state index is 0.0359. The molecule has 0 amide bonds. The first-order valence-electron chi connectivity index (χ1n) is 5.22. The molecular weight excluding hydrogens is 208 g/mol. The largest absolute Gasteiger partial charge is 0.392 e. The SMILES string of the molecule is O[C@H]1CN[C@H](c2nc(-c3ccc[nH]3)no2)C1. The maximum Gasteiger partial charge on any atom is 0.244 e. The van der Waals surface area contributed by atoms with Gasteiger partial charge >= 0.3 is 0 Å². The number of β-amino-alcohol motifs (C(OH)–C–C–N with tert-alkyl or cyclic N) is 1. The summed E-state index contributed by atoms with van der Waals surface area (Å²) in [7, 11) is 0. The molecule has 1 aliphatic heterocycles. The Labute approximate surface area is 91.7 Å². The summed E-state index contributed by atoms with van der Waals surface area (Å²) < 4.78 is 5.17. The molecule has 0 unspecified atom stereocenters. The first-order valence-corrected chi connectivity index (χ1v) is 5.22. The van der Waals surface area contributed by atoms with E-state index in [1.54, 1.807) is 0 Å². The fraction of sp³-hybridized carbons (Fsp3) is 0.400. The smallest absolute Gasteiger partial charge is 0.244 e. The van der Waals surface area contributed by atoms with E-state index in [1.165, 1.54) is 0 Å². The standard InChI is InChI=1S/C10H12N4O2/c15-6-4-8(12-5-6)10-13-9(14-16-10)7-2-1-3-11-7/h1-3,6,8,11-12,15H,4-5H2/t6-,8+/m1/s1. The van der Waals surface area contributed by atoms with Crippen LogP contribution >= 0.6 is 0 Å². The second-order valence-electron chi connectivity index (χ2n) is 3.89. The van der Waals surface area contributed by atoms with Crippen LogP contribution in [0.15, 0.2) is 22.9 Å². The highest BCUT2D eigenvalue weighted by molar-refractivity contribution is 5.47. The number of hydrogen-bond acceptors (Lipinski definition) is 5. The van der Waals surface area contributed by atoms with E-state index < -0.39 is 0 Å². The van der Waals surface area contributed by atoms with Crippen molar-refractivity contribution in [2.24, 2.45) is 0 Å². The second-order valence-corrected chi connectivity index (χ2v) is 3.89. The average Bonchev–Trinajstić information content (AvgIpc) is 2.97. The zero-order valence-corrected chi connectivity index (χ0v) is 8.55. The van der Waals surface area contributed by atoms with Crippen LogP contribution in [0.25, 0.3) is 11.5 Å². The molecule has 0 saturated carbocycles. The zero-order valence-electron chi connectivity index (χ0n) is 8.55. The molecule has 1 saturated heterocycles. The van der Waals surface area contributed by atoms with E-state index in [2.05, 4.69) is 20.4 Å². The monoisotopic (exact) mass is 220 g/mol. The Bertz CT molecular complexity index is 465. The summed E-state index contributed by atoms with van der Waals surface area (Å²) in [6.45, 7) is 0.574. The Morgan fingerprint density at radius 1 is 1.50 bits per heavy atom. The van der Waals surface area contributed by atoms with Crippen LogP contribution in [0.5, 0.6) is 0 Å². The molecule has 0 aromatic carbocycles. The molecule has 84 valence electrons. The van der Waals surface area contributed by atoms with E-state index >= 15 is 0 Å². The van der Waals surface area contributed by atoms with Crippen molar-refractivity contribution >= 4 is 0 Å². The number of aliphatic hydroxyl groups is 1. The van der Waals surface area contributed by atoms with Crippen molar-refractivity contribution in [2.45, 2.75) is 18.6 Å². The van der Waals surface area contributed by atoms with Crippen LogP contribution in [0.3, 0.4) is 0 Å². The highest BCUT2D eigenvalue weighted by atomic mass is 16.5. The third-order valence-corrected chi connectivity index (χ3v) is 2.69. The maximum atomic E-state index is 9.39. The van der Waals surface area contributed by atoms with E-state index in [4.69, 9.17) is 4.52 Å². The van der Waals surface area contributed by atoms with Gasteiger partial charge in [0.2, 0.25) is 11.7 Å². The van der Waals surface area contributed by atoms with E-state index in [0.717, 1.165) is 5.69 Å². The number of aromatic nitrogens is 3. The number of nitrogens with zero attached hydrogens (tertiary/aromatic N) is 2. The van der Waals surface area contributed by atoms with Gasteiger partial charge in [-0.3, -0.25) is 0 Å². The molecular formula is C10H12N4O2. The summed E-state index contributed by atoms with van der Waals surface area (Å²) in [5.74, 6) is 1.07. The molecule has 6 heteroatoms. The molecule has 0 spiro atoms. The van der Waals surface area contributed by atoms with Gasteiger partial charge in [0.15, 0.2) is 0 Å². The molecule has 0 aliphatic carbocycles. The van der Waals surface area contributed by atoms with Crippen molar-refractivity contribution in [3.63, 3.8) is 0 Å². The lowest BCUT2D eigenvalue weighted by atomic mass is 10.2. The fourth-order valence-electron chi connectivity index (χ4n) is 1.86. The predicted molar refractivity (Wildman–Crippen MR) is 55.5 cm³/mol. The maximum absolute atomic E-state index is 9.39. The Hall–Kier alpha value is -1.66. The third kappa shape index (κ3) is 1.62. The summed E-state index contributed by atoms with van der Waals surface area (Å²) in [6, 6.07) is 3.72. The molecule has 2 aromatic heterocycles. The number of aliphatic hydroxyl groups excluding tert-OH is 1. The summed E-state index contributed by atoms with van der Waals surface area (Å²) in [4.78, 5) is 7.30. The number of aromatic amines is 1. The van der Waals surface area contributed by atoms with Crippen LogP contribution in [0.1, 0.15) is 18.4 Å². The molecule has 6 nitrogen and oxygen atoms in total. The number of H-pyrrole nitrogens is 1. The third-order valence-electron chi connectivity index (χ3n) is 2.69. The van der Waals surface area contributed by atoms with Crippen molar-refractivity contribution in [3.05, 3.63) is 24.2 Å². The highest BCUT2D eigenvalue weighted by Crippen LogP contribution is 2.23. The van der Waals surface area contributed by atoms with E-state index in [9.17, 15) is 5.11 Å². The lowest BCUT2D eigenvalue weighted by Crippen LogP contribution is -2.15. The van der Waals surface area contributed by atoms with Crippen LogP contribution in [0.2, 0.25) is 0 Å². The minimum atomic E-state index is -0.328. The average molecular weight is 220 g/mol. The van der Waals surface area contributed by atoms with E-state index in [1.807, 2.05) is 18.3 Å². The van der Waals surface area contributed by atoms with Gasteiger partial charge in [0.25, 0.3) is 0 Å². The molecule has 0 bridgehead atoms. The van der Waals surface area contributed by atoms with Crippen molar-refractivity contribution < 1.29 is 9.63 Å². The first-order chi connectivity index (χ1) is 7.83. The Morgan fingerprint density at radius 3 is 3.12 bits per heavy atom. The van der Waals surface area contributed by atoms with Crippen LogP contribution < -0.4 is 5.32 Å². The van der Waals surface area contributed by atoms with Gasteiger partial charge in [-0.2, -0.15) is 4.98 Å². The van der Waals surface area contributed by atoms with Gasteiger partial charge in [-0.25, -0.2) is 0 Å². The van der Waals surface area contributed by atoms with Crippen molar-refractivity contribution in [2.75, 3.05) is 6.54 Å². The molecule has 3 heterocycles. The Balaban J connectivity index is 1.83. The van der Waals surface area contributed by atoms with Crippen LogP contribution in [-0.4, -0.2) is 32.9 Å². The van der Waals surface area contributed by atoms with E-state index in [0.29, 0.717) is 24.7 Å². The Morgan fingerprint density at radius 2 is 2.44 bits per heavy atom. The zero-order chi connectivity index (χ0) is 11.0. The predicted octanol–water partition coefficient (Wildman–Crippen LogP) is 0.460. The number of rotatable bonds is 2. The highest BCUT2D eigenvalue weighted by Gasteiger charge is 2.28. The molecule has 3 rings (SSSR count). The lowest BCUT2D eigenvalue weighted by molar-refractivity contribution is 0.191. The number of nitrogens with one attached hydrogen (secondary N) is 2. The quantitative estimate of drug-likeness (QED) is 0.684. The van der Waals surface area contributed by atoms with Gasteiger partial charge in [0.05, 0.1) is 17.8 Å². The van der Waals surface area contributed by atoms with Crippen molar-refractivity contribution in [3.8, 4) is 11.5 Å². The van der Waals surface area contributed by atoms with Crippen LogP contribution in [0.4, 0.5) is 0 Å². The van der Waals surface area contributed by atoms with Gasteiger partial charge < -0.3 is 19.9 Å². The van der Waals surface area contributed by atoms with Gasteiger partial charge in [-0.15, -0.1) is 0 Å². The second kappa shape index (κ2) is 3.73. The van der Waals surface area contributed by atoms with Gasteiger partial charge in [-0.05, 0) is 18.6 Å². The van der Waals surface area contributed by atoms with E-state index in [-0.39, 0.29) is 12.1 Å². The summed E-state index contributed by atoms with van der Waals surface area (Å²) in [6.07, 6.45) is 2.10.